The Morgan fingerprint density at radius 1 is 1.06 bits per heavy atom. The normalized spacial score (nSPS) is 10.6. The van der Waals surface area contributed by atoms with Crippen molar-refractivity contribution < 1.29 is 14.3 Å². The standard InChI is InChI=1S/C24H23N3O3S/c1-29-23-14-19(6-7-22(23)30-17-18-8-10-25-11-9-18)15-26-24(28)21-5-2-12-27(21)16-20-4-3-13-31-20/h2-14H,15-17H2,1H3,(H,26,28). The fourth-order valence-corrected chi connectivity index (χ4v) is 3.89. The van der Waals surface area contributed by atoms with E-state index in [9.17, 15) is 4.79 Å². The minimum absolute atomic E-state index is 0.112. The van der Waals surface area contributed by atoms with Crippen LogP contribution in [0.5, 0.6) is 11.5 Å². The molecule has 31 heavy (non-hydrogen) atoms. The Kier molecular flexibility index (Phi) is 6.64. The molecule has 0 unspecified atom stereocenters. The maximum Gasteiger partial charge on any atom is 0.268 e. The number of ether oxygens (including phenoxy) is 2. The smallest absolute Gasteiger partial charge is 0.268 e. The molecule has 0 spiro atoms. The minimum atomic E-state index is -0.112. The minimum Gasteiger partial charge on any atom is -0.493 e. The van der Waals surface area contributed by atoms with Gasteiger partial charge in [-0.1, -0.05) is 12.1 Å². The van der Waals surface area contributed by atoms with Crippen LogP contribution in [-0.2, 0) is 19.7 Å². The second kappa shape index (κ2) is 9.95. The molecule has 4 rings (SSSR count). The molecule has 1 N–H and O–H groups in total. The van der Waals surface area contributed by atoms with E-state index in [1.165, 1.54) is 4.88 Å². The van der Waals surface area contributed by atoms with Crippen LogP contribution >= 0.6 is 11.3 Å². The van der Waals surface area contributed by atoms with Crippen LogP contribution in [0.1, 0.15) is 26.5 Å². The average Bonchev–Trinajstić information content (AvgIpc) is 3.49. The number of nitrogens with zero attached hydrogens (tertiary/aromatic N) is 2. The maximum atomic E-state index is 12.7. The Morgan fingerprint density at radius 2 is 1.94 bits per heavy atom. The predicted molar refractivity (Wildman–Crippen MR) is 121 cm³/mol. The van der Waals surface area contributed by atoms with Crippen molar-refractivity contribution in [2.24, 2.45) is 0 Å². The molecule has 0 aliphatic heterocycles. The molecule has 4 aromatic rings. The Labute approximate surface area is 185 Å². The van der Waals surface area contributed by atoms with Crippen LogP contribution in [0.25, 0.3) is 0 Å². The number of aromatic nitrogens is 2. The number of hydrogen-bond acceptors (Lipinski definition) is 5. The first-order valence-corrected chi connectivity index (χ1v) is 10.8. The zero-order valence-electron chi connectivity index (χ0n) is 17.2. The van der Waals surface area contributed by atoms with Gasteiger partial charge < -0.3 is 19.4 Å². The molecular formula is C24H23N3O3S. The molecule has 0 aliphatic rings. The number of carbonyl (C=O) groups is 1. The lowest BCUT2D eigenvalue weighted by molar-refractivity contribution is 0.0942. The van der Waals surface area contributed by atoms with Gasteiger partial charge in [-0.05, 0) is 59.0 Å². The molecule has 158 valence electrons. The lowest BCUT2D eigenvalue weighted by Gasteiger charge is -2.13. The average molecular weight is 434 g/mol. The molecule has 0 atom stereocenters. The van der Waals surface area contributed by atoms with Crippen molar-refractivity contribution in [2.45, 2.75) is 19.7 Å². The van der Waals surface area contributed by atoms with Gasteiger partial charge >= 0.3 is 0 Å². The largest absolute Gasteiger partial charge is 0.493 e. The van der Waals surface area contributed by atoms with E-state index in [4.69, 9.17) is 9.47 Å². The van der Waals surface area contributed by atoms with Gasteiger partial charge in [0.2, 0.25) is 0 Å². The van der Waals surface area contributed by atoms with Gasteiger partial charge in [-0.15, -0.1) is 11.3 Å². The first-order chi connectivity index (χ1) is 15.2. The van der Waals surface area contributed by atoms with Crippen molar-refractivity contribution >= 4 is 17.2 Å². The molecule has 7 heteroatoms. The fraction of sp³-hybridized carbons (Fsp3) is 0.167. The number of benzene rings is 1. The summed E-state index contributed by atoms with van der Waals surface area (Å²) >= 11 is 1.68. The number of pyridine rings is 1. The summed E-state index contributed by atoms with van der Waals surface area (Å²) in [6.07, 6.45) is 5.39. The molecule has 0 bridgehead atoms. The van der Waals surface area contributed by atoms with Crippen LogP contribution in [0.15, 0.2) is 78.6 Å². The van der Waals surface area contributed by atoms with E-state index in [1.807, 2.05) is 64.7 Å². The second-order valence-electron chi connectivity index (χ2n) is 6.91. The van der Waals surface area contributed by atoms with Crippen molar-refractivity contribution in [2.75, 3.05) is 7.11 Å². The summed E-state index contributed by atoms with van der Waals surface area (Å²) in [6, 6.07) is 17.3. The van der Waals surface area contributed by atoms with Gasteiger partial charge in [0.05, 0.1) is 13.7 Å². The number of methoxy groups -OCH3 is 1. The van der Waals surface area contributed by atoms with Crippen LogP contribution in [0.2, 0.25) is 0 Å². The molecule has 3 aromatic heterocycles. The van der Waals surface area contributed by atoms with Gasteiger partial charge in [-0.3, -0.25) is 9.78 Å². The number of nitrogens with one attached hydrogen (secondary N) is 1. The third kappa shape index (κ3) is 5.32. The maximum absolute atomic E-state index is 12.7. The molecule has 0 aliphatic carbocycles. The topological polar surface area (TPSA) is 65.4 Å². The van der Waals surface area contributed by atoms with Crippen molar-refractivity contribution in [1.29, 1.82) is 0 Å². The third-order valence-corrected chi connectivity index (χ3v) is 5.65. The Morgan fingerprint density at radius 3 is 2.71 bits per heavy atom. The Balaban J connectivity index is 1.37. The molecule has 3 heterocycles. The molecule has 0 fully saturated rings. The summed E-state index contributed by atoms with van der Waals surface area (Å²) in [5.74, 6) is 1.17. The molecule has 1 amide bonds. The van der Waals surface area contributed by atoms with Gasteiger partial charge in [-0.25, -0.2) is 0 Å². The van der Waals surface area contributed by atoms with Gasteiger partial charge in [-0.2, -0.15) is 0 Å². The van der Waals surface area contributed by atoms with Gasteiger partial charge in [0.25, 0.3) is 5.91 Å². The van der Waals surface area contributed by atoms with Crippen molar-refractivity contribution in [3.63, 3.8) is 0 Å². The van der Waals surface area contributed by atoms with Gasteiger partial charge in [0.1, 0.15) is 12.3 Å². The van der Waals surface area contributed by atoms with Crippen molar-refractivity contribution in [3.05, 3.63) is 100 Å². The van der Waals surface area contributed by atoms with Crippen LogP contribution in [0, 0.1) is 0 Å². The number of rotatable bonds is 9. The molecule has 6 nitrogen and oxygen atoms in total. The van der Waals surface area contributed by atoms with E-state index in [2.05, 4.69) is 16.4 Å². The Hall–Kier alpha value is -3.58. The van der Waals surface area contributed by atoms with E-state index in [0.29, 0.717) is 36.9 Å². The van der Waals surface area contributed by atoms with Crippen LogP contribution in [-0.4, -0.2) is 22.6 Å². The first-order valence-electron chi connectivity index (χ1n) is 9.87. The second-order valence-corrected chi connectivity index (χ2v) is 7.94. The molecule has 0 saturated heterocycles. The summed E-state index contributed by atoms with van der Waals surface area (Å²) in [4.78, 5) is 17.9. The highest BCUT2D eigenvalue weighted by Gasteiger charge is 2.12. The molecular weight excluding hydrogens is 410 g/mol. The predicted octanol–water partition coefficient (Wildman–Crippen LogP) is 4.51. The number of carbonyl (C=O) groups excluding carboxylic acids is 1. The van der Waals surface area contributed by atoms with Gasteiger partial charge in [0.15, 0.2) is 11.5 Å². The van der Waals surface area contributed by atoms with E-state index in [-0.39, 0.29) is 5.91 Å². The van der Waals surface area contributed by atoms with E-state index in [1.54, 1.807) is 30.8 Å². The quantitative estimate of drug-likeness (QED) is 0.422. The first kappa shape index (κ1) is 20.7. The van der Waals surface area contributed by atoms with Crippen molar-refractivity contribution in [3.8, 4) is 11.5 Å². The SMILES string of the molecule is COc1cc(CNC(=O)c2cccn2Cc2cccs2)ccc1OCc1ccncc1. The third-order valence-electron chi connectivity index (χ3n) is 4.79. The number of hydrogen-bond donors (Lipinski definition) is 1. The lowest BCUT2D eigenvalue weighted by Crippen LogP contribution is -2.25. The highest BCUT2D eigenvalue weighted by atomic mass is 32.1. The summed E-state index contributed by atoms with van der Waals surface area (Å²) in [5.41, 5.74) is 2.59. The summed E-state index contributed by atoms with van der Waals surface area (Å²) < 4.78 is 13.3. The number of thiophene rings is 1. The van der Waals surface area contributed by atoms with Crippen LogP contribution < -0.4 is 14.8 Å². The highest BCUT2D eigenvalue weighted by molar-refractivity contribution is 7.09. The summed E-state index contributed by atoms with van der Waals surface area (Å²) in [6.45, 7) is 1.50. The molecule has 1 aromatic carbocycles. The molecule has 0 radical (unpaired) electrons. The lowest BCUT2D eigenvalue weighted by atomic mass is 10.2. The number of amides is 1. The van der Waals surface area contributed by atoms with E-state index in [0.717, 1.165) is 11.1 Å². The van der Waals surface area contributed by atoms with Crippen molar-refractivity contribution in [1.82, 2.24) is 14.9 Å². The zero-order valence-corrected chi connectivity index (χ0v) is 18.0. The monoisotopic (exact) mass is 433 g/mol. The highest BCUT2D eigenvalue weighted by Crippen LogP contribution is 2.29. The summed E-state index contributed by atoms with van der Waals surface area (Å²) in [7, 11) is 1.61. The van der Waals surface area contributed by atoms with Crippen LogP contribution in [0.3, 0.4) is 0 Å². The van der Waals surface area contributed by atoms with Gasteiger partial charge in [0, 0.05) is 30.0 Å². The molecule has 0 saturated carbocycles. The van der Waals surface area contributed by atoms with E-state index < -0.39 is 0 Å². The fourth-order valence-electron chi connectivity index (χ4n) is 3.18. The van der Waals surface area contributed by atoms with Crippen LogP contribution in [0.4, 0.5) is 0 Å². The van der Waals surface area contributed by atoms with E-state index >= 15 is 0 Å². The summed E-state index contributed by atoms with van der Waals surface area (Å²) in [5, 5.41) is 5.03. The Bertz CT molecular complexity index is 1120. The zero-order chi connectivity index (χ0) is 21.5.